The molecular formula is C18H23N9O2S. The molecule has 0 unspecified atom stereocenters. The van der Waals surface area contributed by atoms with Crippen molar-refractivity contribution in [2.24, 2.45) is 0 Å². The van der Waals surface area contributed by atoms with Crippen LogP contribution in [0.5, 0.6) is 0 Å². The van der Waals surface area contributed by atoms with Crippen molar-refractivity contribution in [3.05, 3.63) is 30.5 Å². The van der Waals surface area contributed by atoms with Crippen LogP contribution in [0.2, 0.25) is 0 Å². The van der Waals surface area contributed by atoms with E-state index >= 15 is 0 Å². The monoisotopic (exact) mass is 429 g/mol. The average Bonchev–Trinajstić information content (AvgIpc) is 3.24. The lowest BCUT2D eigenvalue weighted by Gasteiger charge is -2.34. The number of nitrogens with zero attached hydrogens (tertiary/aromatic N) is 6. The van der Waals surface area contributed by atoms with E-state index < -0.39 is 10.0 Å². The molecule has 30 heavy (non-hydrogen) atoms. The Labute approximate surface area is 174 Å². The summed E-state index contributed by atoms with van der Waals surface area (Å²) >= 11 is 0. The minimum atomic E-state index is -3.19. The van der Waals surface area contributed by atoms with Crippen LogP contribution in [-0.4, -0.2) is 69.8 Å². The van der Waals surface area contributed by atoms with Gasteiger partial charge in [-0.1, -0.05) is 12.1 Å². The summed E-state index contributed by atoms with van der Waals surface area (Å²) in [4.78, 5) is 15.3. The van der Waals surface area contributed by atoms with Crippen LogP contribution >= 0.6 is 0 Å². The highest BCUT2D eigenvalue weighted by Gasteiger charge is 2.26. The van der Waals surface area contributed by atoms with E-state index in [0.29, 0.717) is 55.0 Å². The molecule has 4 rings (SSSR count). The molecule has 158 valence electrons. The molecule has 0 spiro atoms. The molecule has 1 aliphatic rings. The summed E-state index contributed by atoms with van der Waals surface area (Å²) in [6.07, 6.45) is 1.58. The molecule has 0 atom stereocenters. The second kappa shape index (κ2) is 7.88. The van der Waals surface area contributed by atoms with E-state index in [1.54, 1.807) is 25.3 Å². The molecule has 1 fully saturated rings. The number of benzene rings is 1. The van der Waals surface area contributed by atoms with Gasteiger partial charge in [0.1, 0.15) is 5.82 Å². The van der Waals surface area contributed by atoms with Crippen LogP contribution in [0.4, 0.5) is 17.3 Å². The summed E-state index contributed by atoms with van der Waals surface area (Å²) in [5.41, 5.74) is 13.6. The molecule has 0 radical (unpaired) electrons. The van der Waals surface area contributed by atoms with Crippen molar-refractivity contribution in [1.29, 1.82) is 0 Å². The van der Waals surface area contributed by atoms with Crippen molar-refractivity contribution < 1.29 is 8.42 Å². The van der Waals surface area contributed by atoms with Crippen molar-refractivity contribution in [2.45, 2.75) is 6.92 Å². The Morgan fingerprint density at radius 2 is 1.90 bits per heavy atom. The van der Waals surface area contributed by atoms with E-state index in [-0.39, 0.29) is 11.6 Å². The first kappa shape index (κ1) is 20.0. The van der Waals surface area contributed by atoms with Gasteiger partial charge in [0.25, 0.3) is 0 Å². The zero-order valence-corrected chi connectivity index (χ0v) is 17.3. The Kier molecular flexibility index (Phi) is 5.26. The first-order chi connectivity index (χ1) is 14.4. The second-order valence-corrected chi connectivity index (χ2v) is 9.14. The van der Waals surface area contributed by atoms with E-state index in [1.165, 1.54) is 4.31 Å². The third-order valence-electron chi connectivity index (χ3n) is 4.96. The van der Waals surface area contributed by atoms with Crippen LogP contribution in [0, 0.1) is 0 Å². The Morgan fingerprint density at radius 3 is 2.60 bits per heavy atom. The number of H-pyrrole nitrogens is 1. The largest absolute Gasteiger partial charge is 0.399 e. The van der Waals surface area contributed by atoms with Crippen molar-refractivity contribution >= 4 is 27.3 Å². The van der Waals surface area contributed by atoms with Crippen LogP contribution in [0.15, 0.2) is 30.5 Å². The molecule has 1 saturated heterocycles. The number of hydrogen-bond donors (Lipinski definition) is 3. The maximum Gasteiger partial charge on any atom is 0.213 e. The molecule has 0 aliphatic carbocycles. The summed E-state index contributed by atoms with van der Waals surface area (Å²) in [5, 5.41) is 7.09. The minimum absolute atomic E-state index is 0.0969. The molecule has 2 aromatic heterocycles. The van der Waals surface area contributed by atoms with Gasteiger partial charge in [-0.2, -0.15) is 9.40 Å². The number of nitrogens with two attached hydrogens (primary N) is 2. The molecule has 1 aromatic carbocycles. The fourth-order valence-corrected chi connectivity index (χ4v) is 4.35. The molecule has 5 N–H and O–H groups in total. The number of aromatic amines is 1. The van der Waals surface area contributed by atoms with Gasteiger partial charge in [0.15, 0.2) is 23.2 Å². The van der Waals surface area contributed by atoms with E-state index in [2.05, 4.69) is 25.1 Å². The van der Waals surface area contributed by atoms with E-state index in [9.17, 15) is 8.42 Å². The molecule has 3 aromatic rings. The highest BCUT2D eigenvalue weighted by Crippen LogP contribution is 2.25. The van der Waals surface area contributed by atoms with Gasteiger partial charge in [-0.25, -0.2) is 23.4 Å². The highest BCUT2D eigenvalue weighted by atomic mass is 32.2. The summed E-state index contributed by atoms with van der Waals surface area (Å²) in [6.45, 7) is 3.48. The van der Waals surface area contributed by atoms with Gasteiger partial charge in [0.05, 0.1) is 11.9 Å². The Hall–Kier alpha value is -3.25. The van der Waals surface area contributed by atoms with Gasteiger partial charge in [0, 0.05) is 37.4 Å². The van der Waals surface area contributed by atoms with Gasteiger partial charge in [-0.15, -0.1) is 0 Å². The fourth-order valence-electron chi connectivity index (χ4n) is 3.27. The van der Waals surface area contributed by atoms with Gasteiger partial charge < -0.3 is 16.4 Å². The lowest BCUT2D eigenvalue weighted by molar-refractivity contribution is 0.384. The maximum absolute atomic E-state index is 12.1. The summed E-state index contributed by atoms with van der Waals surface area (Å²) in [5.74, 6) is 1.80. The van der Waals surface area contributed by atoms with E-state index in [0.717, 1.165) is 5.56 Å². The zero-order chi connectivity index (χ0) is 21.3. The van der Waals surface area contributed by atoms with Gasteiger partial charge in [-0.3, -0.25) is 5.10 Å². The lowest BCUT2D eigenvalue weighted by atomic mass is 10.2. The quantitative estimate of drug-likeness (QED) is 0.492. The third-order valence-corrected chi connectivity index (χ3v) is 6.84. The molecule has 1 aliphatic heterocycles. The molecule has 0 amide bonds. The lowest BCUT2D eigenvalue weighted by Crippen LogP contribution is -2.49. The first-order valence-corrected chi connectivity index (χ1v) is 11.1. The molecule has 0 saturated carbocycles. The van der Waals surface area contributed by atoms with Crippen LogP contribution in [0.3, 0.4) is 0 Å². The standard InChI is InChI=1S/C18H23N9O2S/c1-2-30(28,29)27-8-6-26(7-9-27)14-11-21-16(20)15(22-14)18-23-17(24-25-18)12-4-3-5-13(19)10-12/h3-5,10-11H,2,6-9,19H2,1H3,(H2,20,21)(H,23,24,25). The van der Waals surface area contributed by atoms with Crippen molar-refractivity contribution in [3.63, 3.8) is 0 Å². The zero-order valence-electron chi connectivity index (χ0n) is 16.5. The van der Waals surface area contributed by atoms with Crippen molar-refractivity contribution in [3.8, 4) is 22.9 Å². The predicted octanol–water partition coefficient (Wildman–Crippen LogP) is 0.565. The number of aromatic nitrogens is 5. The summed E-state index contributed by atoms with van der Waals surface area (Å²) in [7, 11) is -3.19. The maximum atomic E-state index is 12.1. The number of rotatable bonds is 5. The molecule has 12 heteroatoms. The molecule has 3 heterocycles. The van der Waals surface area contributed by atoms with E-state index in [4.69, 9.17) is 11.5 Å². The molecule has 0 bridgehead atoms. The van der Waals surface area contributed by atoms with Gasteiger partial charge >= 0.3 is 0 Å². The van der Waals surface area contributed by atoms with Crippen LogP contribution in [0.1, 0.15) is 6.92 Å². The number of nitrogen functional groups attached to an aromatic ring is 2. The summed E-state index contributed by atoms with van der Waals surface area (Å²) in [6, 6.07) is 7.25. The fraction of sp³-hybridized carbons (Fsp3) is 0.333. The number of hydrogen-bond acceptors (Lipinski definition) is 9. The normalized spacial score (nSPS) is 15.4. The topological polar surface area (TPSA) is 160 Å². The Balaban J connectivity index is 1.56. The first-order valence-electron chi connectivity index (χ1n) is 9.51. The van der Waals surface area contributed by atoms with E-state index in [1.807, 2.05) is 17.0 Å². The third kappa shape index (κ3) is 3.91. The van der Waals surface area contributed by atoms with Crippen LogP contribution in [0.25, 0.3) is 22.9 Å². The summed E-state index contributed by atoms with van der Waals surface area (Å²) < 4.78 is 25.6. The number of nitrogens with one attached hydrogen (secondary N) is 1. The van der Waals surface area contributed by atoms with Crippen molar-refractivity contribution in [1.82, 2.24) is 29.5 Å². The SMILES string of the molecule is CCS(=O)(=O)N1CCN(c2cnc(N)c(-c3nc(-c4cccc(N)c4)n[nH]3)n2)CC1. The number of piperazine rings is 1. The average molecular weight is 430 g/mol. The highest BCUT2D eigenvalue weighted by molar-refractivity contribution is 7.89. The minimum Gasteiger partial charge on any atom is -0.399 e. The Morgan fingerprint density at radius 1 is 1.13 bits per heavy atom. The van der Waals surface area contributed by atoms with Crippen LogP contribution < -0.4 is 16.4 Å². The smallest absolute Gasteiger partial charge is 0.213 e. The molecular weight excluding hydrogens is 406 g/mol. The van der Waals surface area contributed by atoms with Crippen molar-refractivity contribution in [2.75, 3.05) is 48.3 Å². The Bertz CT molecular complexity index is 1150. The number of sulfonamides is 1. The van der Waals surface area contributed by atoms with Gasteiger partial charge in [0.2, 0.25) is 10.0 Å². The molecule has 11 nitrogen and oxygen atoms in total. The predicted molar refractivity (Wildman–Crippen MR) is 115 cm³/mol. The number of anilines is 3. The second-order valence-electron chi connectivity index (χ2n) is 6.88. The van der Waals surface area contributed by atoms with Gasteiger partial charge in [-0.05, 0) is 19.1 Å². The van der Waals surface area contributed by atoms with Crippen LogP contribution in [-0.2, 0) is 10.0 Å².